The van der Waals surface area contributed by atoms with E-state index >= 15 is 0 Å². The van der Waals surface area contributed by atoms with Crippen molar-refractivity contribution in [2.45, 2.75) is 18.7 Å². The molecule has 0 aliphatic carbocycles. The van der Waals surface area contributed by atoms with E-state index in [4.69, 9.17) is 22.3 Å². The summed E-state index contributed by atoms with van der Waals surface area (Å²) in [6.07, 6.45) is 0. The molecule has 0 bridgehead atoms. The van der Waals surface area contributed by atoms with Gasteiger partial charge in [0, 0.05) is 24.3 Å². The molecule has 4 nitrogen and oxygen atoms in total. The summed E-state index contributed by atoms with van der Waals surface area (Å²) in [5.41, 5.74) is -0.0812. The Hall–Kier alpha value is -0.780. The van der Waals surface area contributed by atoms with Crippen LogP contribution < -0.4 is 0 Å². The molecule has 1 rings (SSSR count). The lowest BCUT2D eigenvalue weighted by Crippen LogP contribution is -2.31. The summed E-state index contributed by atoms with van der Waals surface area (Å²) in [4.78, 5) is 13.5. The van der Waals surface area contributed by atoms with E-state index in [2.05, 4.69) is 0 Å². The van der Waals surface area contributed by atoms with E-state index in [1.54, 1.807) is 7.05 Å². The predicted molar refractivity (Wildman–Crippen MR) is 76.3 cm³/mol. The summed E-state index contributed by atoms with van der Waals surface area (Å²) >= 11 is 5.94. The summed E-state index contributed by atoms with van der Waals surface area (Å²) in [6, 6.07) is 4.17. The summed E-state index contributed by atoms with van der Waals surface area (Å²) in [5, 5.41) is 0.0716. The number of nitrogens with zero attached hydrogens (tertiary/aromatic N) is 1. The predicted octanol–water partition coefficient (Wildman–Crippen LogP) is 3.00. The van der Waals surface area contributed by atoms with Gasteiger partial charge in [-0.1, -0.05) is 31.5 Å². The van der Waals surface area contributed by atoms with Crippen molar-refractivity contribution >= 4 is 37.2 Å². The monoisotopic (exact) mass is 323 g/mol. The third-order valence-corrected chi connectivity index (χ3v) is 4.12. The number of benzene rings is 1. The molecule has 0 unspecified atom stereocenters. The quantitative estimate of drug-likeness (QED) is 0.800. The second-order valence-electron chi connectivity index (χ2n) is 4.63. The summed E-state index contributed by atoms with van der Waals surface area (Å²) in [5.74, 6) is -0.203. The van der Waals surface area contributed by atoms with Gasteiger partial charge >= 0.3 is 0 Å². The van der Waals surface area contributed by atoms with Crippen LogP contribution in [0.25, 0.3) is 0 Å². The molecule has 106 valence electrons. The maximum atomic E-state index is 12.3. The lowest BCUT2D eigenvalue weighted by atomic mass is 10.1. The van der Waals surface area contributed by atoms with Gasteiger partial charge in [0.05, 0.1) is 15.5 Å². The van der Waals surface area contributed by atoms with Crippen molar-refractivity contribution in [2.75, 3.05) is 13.6 Å². The van der Waals surface area contributed by atoms with E-state index in [-0.39, 0.29) is 21.4 Å². The van der Waals surface area contributed by atoms with Crippen LogP contribution in [0.3, 0.4) is 0 Å². The van der Waals surface area contributed by atoms with Crippen LogP contribution in [0.15, 0.2) is 23.1 Å². The number of halogens is 2. The fourth-order valence-electron chi connectivity index (χ4n) is 1.74. The highest BCUT2D eigenvalue weighted by Gasteiger charge is 2.25. The third kappa shape index (κ3) is 4.09. The Labute approximate surface area is 122 Å². The number of carbonyl (C=O) groups is 1. The van der Waals surface area contributed by atoms with Gasteiger partial charge in [-0.3, -0.25) is 4.79 Å². The fourth-order valence-corrected chi connectivity index (χ4v) is 3.12. The highest BCUT2D eigenvalue weighted by atomic mass is 35.7. The molecule has 0 aliphatic rings. The van der Waals surface area contributed by atoms with Gasteiger partial charge in [0.2, 0.25) is 0 Å². The molecular formula is C12H15Cl2NO3S. The summed E-state index contributed by atoms with van der Waals surface area (Å²) in [6.45, 7) is 4.40. The maximum absolute atomic E-state index is 12.3. The van der Waals surface area contributed by atoms with E-state index in [1.165, 1.54) is 23.1 Å². The molecule has 7 heteroatoms. The number of hydrogen-bond donors (Lipinski definition) is 0. The molecule has 0 fully saturated rings. The molecule has 1 aromatic carbocycles. The minimum absolute atomic E-state index is 0.0716. The second-order valence-corrected chi connectivity index (χ2v) is 7.57. The van der Waals surface area contributed by atoms with Crippen LogP contribution in [0, 0.1) is 5.92 Å². The number of hydrogen-bond acceptors (Lipinski definition) is 3. The Morgan fingerprint density at radius 3 is 2.42 bits per heavy atom. The molecule has 19 heavy (non-hydrogen) atoms. The normalized spacial score (nSPS) is 11.7. The van der Waals surface area contributed by atoms with Crippen molar-refractivity contribution < 1.29 is 13.2 Å². The van der Waals surface area contributed by atoms with Gasteiger partial charge in [-0.2, -0.15) is 0 Å². The van der Waals surface area contributed by atoms with Gasteiger partial charge < -0.3 is 4.90 Å². The van der Waals surface area contributed by atoms with E-state index in [1.807, 2.05) is 13.8 Å². The Bertz CT molecular complexity index is 585. The van der Waals surface area contributed by atoms with Crippen molar-refractivity contribution in [3.63, 3.8) is 0 Å². The number of carbonyl (C=O) groups excluding carboxylic acids is 1. The first kappa shape index (κ1) is 16.3. The average Bonchev–Trinajstić information content (AvgIpc) is 2.25. The molecule has 0 aromatic heterocycles. The first-order valence-corrected chi connectivity index (χ1v) is 8.32. The van der Waals surface area contributed by atoms with Crippen molar-refractivity contribution in [1.82, 2.24) is 4.90 Å². The second kappa shape index (κ2) is 6.11. The van der Waals surface area contributed by atoms with Crippen molar-refractivity contribution in [3.8, 4) is 0 Å². The van der Waals surface area contributed by atoms with E-state index < -0.39 is 15.0 Å². The Morgan fingerprint density at radius 1 is 1.37 bits per heavy atom. The van der Waals surface area contributed by atoms with Crippen molar-refractivity contribution in [2.24, 2.45) is 5.92 Å². The SMILES string of the molecule is CC(C)CN(C)C(=O)c1c(Cl)cccc1S(=O)(=O)Cl. The molecule has 0 saturated carbocycles. The standard InChI is InChI=1S/C12H15Cl2NO3S/c1-8(2)7-15(3)12(16)11-9(13)5-4-6-10(11)19(14,17)18/h4-6,8H,7H2,1-3H3. The van der Waals surface area contributed by atoms with E-state index in [0.29, 0.717) is 6.54 Å². The van der Waals surface area contributed by atoms with Crippen LogP contribution in [-0.2, 0) is 9.05 Å². The van der Waals surface area contributed by atoms with Crippen molar-refractivity contribution in [1.29, 1.82) is 0 Å². The number of rotatable bonds is 4. The van der Waals surface area contributed by atoms with Crippen LogP contribution >= 0.6 is 22.3 Å². The molecular weight excluding hydrogens is 309 g/mol. The molecule has 0 radical (unpaired) electrons. The zero-order chi connectivity index (χ0) is 14.8. The van der Waals surface area contributed by atoms with Crippen LogP contribution in [0.5, 0.6) is 0 Å². The van der Waals surface area contributed by atoms with Gasteiger partial charge in [-0.25, -0.2) is 8.42 Å². The lowest BCUT2D eigenvalue weighted by molar-refractivity contribution is 0.0775. The summed E-state index contributed by atoms with van der Waals surface area (Å²) in [7, 11) is 2.90. The van der Waals surface area contributed by atoms with Crippen molar-refractivity contribution in [3.05, 3.63) is 28.8 Å². The van der Waals surface area contributed by atoms with Gasteiger partial charge in [0.25, 0.3) is 15.0 Å². The summed E-state index contributed by atoms with van der Waals surface area (Å²) < 4.78 is 23.0. The molecule has 0 saturated heterocycles. The van der Waals surface area contributed by atoms with Gasteiger partial charge in [0.15, 0.2) is 0 Å². The van der Waals surface area contributed by atoms with Gasteiger partial charge in [-0.15, -0.1) is 0 Å². The molecule has 0 N–H and O–H groups in total. The van der Waals surface area contributed by atoms with Gasteiger partial charge in [0.1, 0.15) is 0 Å². The lowest BCUT2D eigenvalue weighted by Gasteiger charge is -2.21. The zero-order valence-electron chi connectivity index (χ0n) is 10.9. The topological polar surface area (TPSA) is 54.5 Å². The molecule has 1 amide bonds. The molecule has 0 heterocycles. The first-order chi connectivity index (χ1) is 8.64. The largest absolute Gasteiger partial charge is 0.341 e. The highest BCUT2D eigenvalue weighted by Crippen LogP contribution is 2.27. The third-order valence-electron chi connectivity index (χ3n) is 2.44. The Balaban J connectivity index is 3.30. The van der Waals surface area contributed by atoms with Gasteiger partial charge in [-0.05, 0) is 18.1 Å². The molecule has 1 aromatic rings. The first-order valence-electron chi connectivity index (χ1n) is 5.63. The fraction of sp³-hybridized carbons (Fsp3) is 0.417. The zero-order valence-corrected chi connectivity index (χ0v) is 13.2. The van der Waals surface area contributed by atoms with Crippen LogP contribution in [0.2, 0.25) is 5.02 Å². The average molecular weight is 324 g/mol. The van der Waals surface area contributed by atoms with Crippen LogP contribution in [-0.4, -0.2) is 32.8 Å². The van der Waals surface area contributed by atoms with E-state index in [0.717, 1.165) is 0 Å². The maximum Gasteiger partial charge on any atom is 0.262 e. The molecule has 0 atom stereocenters. The molecule has 0 aliphatic heterocycles. The Morgan fingerprint density at radius 2 is 1.95 bits per heavy atom. The Kier molecular flexibility index (Phi) is 5.24. The van der Waals surface area contributed by atoms with E-state index in [9.17, 15) is 13.2 Å². The molecule has 0 spiro atoms. The van der Waals surface area contributed by atoms with Crippen LogP contribution in [0.1, 0.15) is 24.2 Å². The van der Waals surface area contributed by atoms with Crippen LogP contribution in [0.4, 0.5) is 0 Å². The minimum Gasteiger partial charge on any atom is -0.341 e. The smallest absolute Gasteiger partial charge is 0.262 e. The number of amides is 1. The minimum atomic E-state index is -4.02. The highest BCUT2D eigenvalue weighted by molar-refractivity contribution is 8.13.